The van der Waals surface area contributed by atoms with Crippen molar-refractivity contribution in [3.8, 4) is 0 Å². The van der Waals surface area contributed by atoms with E-state index in [2.05, 4.69) is 55.5 Å². The Balaban J connectivity index is 1.55. The number of imide groups is 2. The summed E-state index contributed by atoms with van der Waals surface area (Å²) in [5.74, 6) is 2.07. The maximum atomic E-state index is 13.0. The van der Waals surface area contributed by atoms with Crippen molar-refractivity contribution in [2.24, 2.45) is 27.5 Å². The van der Waals surface area contributed by atoms with Gasteiger partial charge in [0.15, 0.2) is 0 Å². The van der Waals surface area contributed by atoms with E-state index in [1.165, 1.54) is 28.0 Å². The molecule has 0 aromatic heterocycles. The fourth-order valence-corrected chi connectivity index (χ4v) is 8.86. The number of carbonyl (C=O) groups excluding carboxylic acids is 4. The van der Waals surface area contributed by atoms with E-state index in [0.29, 0.717) is 23.2 Å². The third-order valence-electron chi connectivity index (χ3n) is 9.65. The maximum absolute atomic E-state index is 13.0. The van der Waals surface area contributed by atoms with Crippen LogP contribution in [0.2, 0.25) is 0 Å². The lowest BCUT2D eigenvalue weighted by Crippen LogP contribution is -2.35. The van der Waals surface area contributed by atoms with E-state index in [-0.39, 0.29) is 105 Å². The standard InChI is InChI=1S/C40H70N8O7S2/c1-7-56-34-22-36(49)47(38(34)51)16-18-53-20-21-54-19-17-48-37(50)23-35(39(48)52)57-29-31(4)24-40(5,6)13-9-11-15-44-26-33(46-42)28-55-27-32(45-41)25-43-14-10-8-12-30(2)3/h25-26,30-31,34-35,41-44H,7-24,27-29H2,1-6H3/b32-25-,33-26-,45-41?,46-42?. The number of unbranched alkanes of at least 4 members (excludes halogenated alkanes) is 2. The Morgan fingerprint density at radius 1 is 0.789 bits per heavy atom. The molecule has 17 heteroatoms. The van der Waals surface area contributed by atoms with Crippen molar-refractivity contribution in [1.82, 2.24) is 20.4 Å². The van der Waals surface area contributed by atoms with Crippen molar-refractivity contribution in [1.29, 1.82) is 11.1 Å². The zero-order valence-corrected chi connectivity index (χ0v) is 36.9. The Kier molecular flexibility index (Phi) is 25.2. The molecule has 324 valence electrons. The van der Waals surface area contributed by atoms with Crippen LogP contribution >= 0.6 is 23.5 Å². The van der Waals surface area contributed by atoms with Crippen LogP contribution in [0.3, 0.4) is 0 Å². The highest BCUT2D eigenvalue weighted by Gasteiger charge is 2.39. The number of hydrogen-bond acceptors (Lipinski definition) is 15. The summed E-state index contributed by atoms with van der Waals surface area (Å²) in [5, 5.41) is 12.9. The highest BCUT2D eigenvalue weighted by Crippen LogP contribution is 2.34. The molecule has 57 heavy (non-hydrogen) atoms. The van der Waals surface area contributed by atoms with Crippen LogP contribution < -0.4 is 10.6 Å². The first-order valence-electron chi connectivity index (χ1n) is 20.6. The first kappa shape index (κ1) is 50.3. The number of carbonyl (C=O) groups is 4. The van der Waals surface area contributed by atoms with Crippen LogP contribution in [0.25, 0.3) is 0 Å². The quantitative estimate of drug-likeness (QED) is 0.0304. The van der Waals surface area contributed by atoms with Crippen LogP contribution in [0.1, 0.15) is 99.3 Å². The molecule has 2 fully saturated rings. The van der Waals surface area contributed by atoms with Crippen LogP contribution in [-0.4, -0.2) is 121 Å². The topological polar surface area (TPSA) is 199 Å². The number of amides is 4. The minimum absolute atomic E-state index is 0.130. The molecule has 0 aromatic carbocycles. The van der Waals surface area contributed by atoms with Crippen molar-refractivity contribution >= 4 is 47.2 Å². The molecule has 2 rings (SSSR count). The molecule has 2 saturated heterocycles. The summed E-state index contributed by atoms with van der Waals surface area (Å²) in [7, 11) is 0. The minimum Gasteiger partial charge on any atom is -0.389 e. The van der Waals surface area contributed by atoms with Gasteiger partial charge in [0, 0.05) is 38.3 Å². The summed E-state index contributed by atoms with van der Waals surface area (Å²) in [5.41, 5.74) is 15.9. The molecule has 4 amide bonds. The third kappa shape index (κ3) is 20.6. The second-order valence-corrected chi connectivity index (χ2v) is 18.6. The van der Waals surface area contributed by atoms with E-state index in [0.717, 1.165) is 63.1 Å². The predicted octanol–water partition coefficient (Wildman–Crippen LogP) is 6.75. The van der Waals surface area contributed by atoms with E-state index in [4.69, 9.17) is 25.3 Å². The lowest BCUT2D eigenvalue weighted by Gasteiger charge is -2.28. The summed E-state index contributed by atoms with van der Waals surface area (Å²) in [4.78, 5) is 52.6. The molecule has 2 aliphatic rings. The number of thioether (sulfide) groups is 2. The molecule has 0 aliphatic carbocycles. The second kappa shape index (κ2) is 28.5. The van der Waals surface area contributed by atoms with Crippen molar-refractivity contribution in [3.05, 3.63) is 23.8 Å². The van der Waals surface area contributed by atoms with E-state index in [1.54, 1.807) is 24.2 Å². The fraction of sp³-hybridized carbons (Fsp3) is 0.800. The normalized spacial score (nSPS) is 18.6. The smallest absolute Gasteiger partial charge is 0.242 e. The molecule has 15 nitrogen and oxygen atoms in total. The summed E-state index contributed by atoms with van der Waals surface area (Å²) in [6.45, 7) is 16.5. The molecular formula is C40H70N8O7S2. The molecule has 2 heterocycles. The van der Waals surface area contributed by atoms with Gasteiger partial charge in [-0.2, -0.15) is 10.2 Å². The van der Waals surface area contributed by atoms with E-state index in [1.807, 2.05) is 6.92 Å². The maximum Gasteiger partial charge on any atom is 0.242 e. The fourth-order valence-electron chi connectivity index (χ4n) is 6.72. The summed E-state index contributed by atoms with van der Waals surface area (Å²) in [6, 6.07) is 0. The summed E-state index contributed by atoms with van der Waals surface area (Å²) < 4.78 is 16.8. The molecule has 0 spiro atoms. The van der Waals surface area contributed by atoms with E-state index >= 15 is 0 Å². The average Bonchev–Trinajstić information content (AvgIpc) is 3.59. The zero-order chi connectivity index (χ0) is 42.1. The number of nitrogens with zero attached hydrogens (tertiary/aromatic N) is 4. The lowest BCUT2D eigenvalue weighted by molar-refractivity contribution is -0.141. The van der Waals surface area contributed by atoms with E-state index in [9.17, 15) is 19.2 Å². The second-order valence-electron chi connectivity index (χ2n) is 15.9. The number of likely N-dealkylation sites (tertiary alicyclic amines) is 2. The molecular weight excluding hydrogens is 769 g/mol. The minimum atomic E-state index is -0.361. The molecule has 0 aromatic rings. The largest absolute Gasteiger partial charge is 0.389 e. The van der Waals surface area contributed by atoms with Crippen LogP contribution in [0.15, 0.2) is 34.0 Å². The van der Waals surface area contributed by atoms with Gasteiger partial charge >= 0.3 is 0 Å². The Labute approximate surface area is 349 Å². The molecule has 3 unspecified atom stereocenters. The van der Waals surface area contributed by atoms with E-state index < -0.39 is 0 Å². The molecule has 4 N–H and O–H groups in total. The summed E-state index contributed by atoms with van der Waals surface area (Å²) >= 11 is 3.06. The van der Waals surface area contributed by atoms with Gasteiger partial charge in [-0.3, -0.25) is 29.0 Å². The highest BCUT2D eigenvalue weighted by atomic mass is 32.2. The van der Waals surface area contributed by atoms with Gasteiger partial charge in [0.1, 0.15) is 11.4 Å². The van der Waals surface area contributed by atoms with Gasteiger partial charge in [-0.15, -0.1) is 23.5 Å². The number of rotatable bonds is 34. The van der Waals surface area contributed by atoms with Crippen LogP contribution in [-0.2, 0) is 33.4 Å². The molecule has 0 bridgehead atoms. The van der Waals surface area contributed by atoms with Gasteiger partial charge < -0.3 is 24.8 Å². The highest BCUT2D eigenvalue weighted by molar-refractivity contribution is 8.00. The Bertz CT molecular complexity index is 1330. The van der Waals surface area contributed by atoms with Gasteiger partial charge in [-0.05, 0) is 54.4 Å². The Hall–Kier alpha value is -2.86. The van der Waals surface area contributed by atoms with Gasteiger partial charge in [0.25, 0.3) is 0 Å². The molecule has 2 aliphatic heterocycles. The molecule has 3 atom stereocenters. The SMILES string of the molecule is CCSC1CC(=O)N(CCOCCOCCN2C(=O)CC(SCC(C)CC(C)(C)CCCCN/C=C(/COC/C(=C/NCCCCC(C)C)N=N)N=N)C2=O)C1=O. The zero-order valence-electron chi connectivity index (χ0n) is 35.3. The van der Waals surface area contributed by atoms with Gasteiger partial charge in [-0.1, -0.05) is 60.8 Å². The molecule has 0 radical (unpaired) electrons. The number of nitrogens with one attached hydrogen (secondary N) is 4. The number of hydrogen-bond donors (Lipinski definition) is 4. The average molecular weight is 839 g/mol. The van der Waals surface area contributed by atoms with Crippen molar-refractivity contribution in [2.45, 2.75) is 110 Å². The Morgan fingerprint density at radius 3 is 1.79 bits per heavy atom. The Morgan fingerprint density at radius 2 is 1.30 bits per heavy atom. The van der Waals surface area contributed by atoms with Gasteiger partial charge in [0.05, 0.1) is 63.2 Å². The van der Waals surface area contributed by atoms with Crippen molar-refractivity contribution in [2.75, 3.05) is 77.3 Å². The van der Waals surface area contributed by atoms with Crippen LogP contribution in [0, 0.1) is 28.3 Å². The van der Waals surface area contributed by atoms with Crippen LogP contribution in [0.4, 0.5) is 0 Å². The lowest BCUT2D eigenvalue weighted by atomic mass is 9.80. The monoisotopic (exact) mass is 838 g/mol. The molecule has 0 saturated carbocycles. The first-order valence-corrected chi connectivity index (χ1v) is 22.7. The van der Waals surface area contributed by atoms with Gasteiger partial charge in [-0.25, -0.2) is 11.1 Å². The third-order valence-corrected chi connectivity index (χ3v) is 12.3. The number of ether oxygens (including phenoxy) is 3. The first-order chi connectivity index (χ1) is 27.3. The predicted molar refractivity (Wildman–Crippen MR) is 226 cm³/mol. The summed E-state index contributed by atoms with van der Waals surface area (Å²) in [6.07, 6.45) is 11.4. The van der Waals surface area contributed by atoms with Gasteiger partial charge in [0.2, 0.25) is 23.6 Å². The van der Waals surface area contributed by atoms with Crippen LogP contribution in [0.5, 0.6) is 0 Å². The van der Waals surface area contributed by atoms with Crippen molar-refractivity contribution in [3.63, 3.8) is 0 Å². The van der Waals surface area contributed by atoms with Crippen molar-refractivity contribution < 1.29 is 33.4 Å².